The van der Waals surface area contributed by atoms with Crippen molar-refractivity contribution in [1.82, 2.24) is 10.2 Å². The summed E-state index contributed by atoms with van der Waals surface area (Å²) in [5.41, 5.74) is 2.09. The quantitative estimate of drug-likeness (QED) is 0.716. The fourth-order valence-corrected chi connectivity index (χ4v) is 5.37. The van der Waals surface area contributed by atoms with Crippen molar-refractivity contribution in [3.63, 3.8) is 0 Å². The van der Waals surface area contributed by atoms with E-state index in [2.05, 4.69) is 22.3 Å². The van der Waals surface area contributed by atoms with E-state index in [0.717, 1.165) is 42.2 Å². The van der Waals surface area contributed by atoms with Crippen molar-refractivity contribution in [2.45, 2.75) is 56.8 Å². The van der Waals surface area contributed by atoms with Gasteiger partial charge in [-0.2, -0.15) is 0 Å². The summed E-state index contributed by atoms with van der Waals surface area (Å²) in [6, 6.07) is 13.0. The number of rotatable bonds is 7. The number of hydrogen-bond donors (Lipinski definition) is 1. The Morgan fingerprint density at radius 3 is 2.56 bits per heavy atom. The van der Waals surface area contributed by atoms with Crippen LogP contribution in [0.25, 0.3) is 0 Å². The van der Waals surface area contributed by atoms with E-state index in [1.54, 1.807) is 14.2 Å². The summed E-state index contributed by atoms with van der Waals surface area (Å²) in [7, 11) is 3.25. The van der Waals surface area contributed by atoms with E-state index in [-0.39, 0.29) is 18.4 Å². The highest BCUT2D eigenvalue weighted by molar-refractivity contribution is 5.79. The summed E-state index contributed by atoms with van der Waals surface area (Å²) in [6.45, 7) is 1.21. The van der Waals surface area contributed by atoms with Crippen LogP contribution in [0.2, 0.25) is 0 Å². The third-order valence-corrected chi connectivity index (χ3v) is 6.89. The number of nitrogens with one attached hydrogen (secondary N) is 1. The van der Waals surface area contributed by atoms with E-state index in [4.69, 9.17) is 18.9 Å². The second-order valence-corrected chi connectivity index (χ2v) is 8.84. The van der Waals surface area contributed by atoms with Crippen molar-refractivity contribution in [2.75, 3.05) is 21.0 Å². The van der Waals surface area contributed by atoms with Gasteiger partial charge in [0, 0.05) is 30.2 Å². The number of fused-ring (bicyclic) bond motifs is 3. The molecule has 3 aliphatic heterocycles. The van der Waals surface area contributed by atoms with Crippen LogP contribution in [0.4, 0.5) is 0 Å². The zero-order chi connectivity index (χ0) is 22.1. The van der Waals surface area contributed by atoms with Gasteiger partial charge in [-0.3, -0.25) is 9.69 Å². The van der Waals surface area contributed by atoms with Crippen molar-refractivity contribution in [3.05, 3.63) is 47.5 Å². The van der Waals surface area contributed by atoms with Gasteiger partial charge < -0.3 is 24.3 Å². The minimum Gasteiger partial charge on any atom is -0.497 e. The summed E-state index contributed by atoms with van der Waals surface area (Å²) in [5, 5.41) is 3.28. The molecule has 1 amide bonds. The van der Waals surface area contributed by atoms with Crippen molar-refractivity contribution >= 4 is 5.91 Å². The SMILES string of the molecule is COc1ccc(OC)c(CC(=O)NC2C[C@H]3CC[C@@H](C2)N3Cc2ccc3c(c2)OCO3)c1. The van der Waals surface area contributed by atoms with Gasteiger partial charge in [0.2, 0.25) is 12.7 Å². The number of hydrogen-bond acceptors (Lipinski definition) is 6. The second-order valence-electron chi connectivity index (χ2n) is 8.84. The molecule has 0 aromatic heterocycles. The maximum absolute atomic E-state index is 12.8. The lowest BCUT2D eigenvalue weighted by molar-refractivity contribution is -0.121. The lowest BCUT2D eigenvalue weighted by atomic mass is 9.96. The van der Waals surface area contributed by atoms with Crippen LogP contribution in [0.3, 0.4) is 0 Å². The molecule has 0 saturated carbocycles. The number of carbonyl (C=O) groups is 1. The van der Waals surface area contributed by atoms with Crippen molar-refractivity contribution < 1.29 is 23.7 Å². The van der Waals surface area contributed by atoms with Gasteiger partial charge in [-0.1, -0.05) is 6.07 Å². The van der Waals surface area contributed by atoms with Gasteiger partial charge in [0.25, 0.3) is 0 Å². The van der Waals surface area contributed by atoms with Crippen LogP contribution in [0, 0.1) is 0 Å². The number of piperidine rings is 1. The van der Waals surface area contributed by atoms with Crippen LogP contribution in [0.15, 0.2) is 36.4 Å². The fourth-order valence-electron chi connectivity index (χ4n) is 5.37. The Labute approximate surface area is 188 Å². The molecule has 2 bridgehead atoms. The topological polar surface area (TPSA) is 69.3 Å². The zero-order valence-electron chi connectivity index (χ0n) is 18.6. The number of nitrogens with zero attached hydrogens (tertiary/aromatic N) is 1. The van der Waals surface area contributed by atoms with Crippen LogP contribution in [0.1, 0.15) is 36.8 Å². The molecule has 2 aromatic carbocycles. The van der Waals surface area contributed by atoms with Crippen molar-refractivity contribution in [3.8, 4) is 23.0 Å². The Morgan fingerprint density at radius 2 is 1.81 bits per heavy atom. The Balaban J connectivity index is 1.19. The van der Waals surface area contributed by atoms with Crippen LogP contribution in [-0.2, 0) is 17.8 Å². The average Bonchev–Trinajstić information content (AvgIpc) is 3.34. The number of ether oxygens (including phenoxy) is 4. The third-order valence-electron chi connectivity index (χ3n) is 6.89. The maximum atomic E-state index is 12.8. The molecule has 3 aliphatic rings. The van der Waals surface area contributed by atoms with E-state index >= 15 is 0 Å². The molecule has 0 spiro atoms. The zero-order valence-corrected chi connectivity index (χ0v) is 18.6. The first-order chi connectivity index (χ1) is 15.6. The van der Waals surface area contributed by atoms with Crippen LogP contribution in [0.5, 0.6) is 23.0 Å². The summed E-state index contributed by atoms with van der Waals surface area (Å²) in [4.78, 5) is 15.4. The van der Waals surface area contributed by atoms with Gasteiger partial charge in [0.15, 0.2) is 11.5 Å². The lowest BCUT2D eigenvalue weighted by Gasteiger charge is -2.39. The van der Waals surface area contributed by atoms with Gasteiger partial charge in [0.05, 0.1) is 20.6 Å². The molecule has 2 saturated heterocycles. The van der Waals surface area contributed by atoms with E-state index < -0.39 is 0 Å². The lowest BCUT2D eigenvalue weighted by Crippen LogP contribution is -2.50. The molecule has 2 aromatic rings. The van der Waals surface area contributed by atoms with Crippen molar-refractivity contribution in [2.24, 2.45) is 0 Å². The van der Waals surface area contributed by atoms with Gasteiger partial charge in [0.1, 0.15) is 11.5 Å². The van der Waals surface area contributed by atoms with Gasteiger partial charge in [-0.05, 0) is 61.6 Å². The third kappa shape index (κ3) is 4.21. The van der Waals surface area contributed by atoms with E-state index in [9.17, 15) is 4.79 Å². The highest BCUT2D eigenvalue weighted by Gasteiger charge is 2.41. The molecule has 2 fully saturated rings. The van der Waals surface area contributed by atoms with Crippen LogP contribution >= 0.6 is 0 Å². The maximum Gasteiger partial charge on any atom is 0.231 e. The first-order valence-corrected chi connectivity index (χ1v) is 11.3. The number of methoxy groups -OCH3 is 2. The Bertz CT molecular complexity index is 980. The minimum atomic E-state index is 0.0326. The van der Waals surface area contributed by atoms with Gasteiger partial charge in [-0.25, -0.2) is 0 Å². The molecule has 1 unspecified atom stereocenters. The molecular weight excluding hydrogens is 408 g/mol. The standard InChI is InChI=1S/C25H30N2O5/c1-29-21-6-8-22(30-2)17(10-21)11-25(28)26-18-12-19-4-5-20(13-18)27(19)14-16-3-7-23-24(9-16)32-15-31-23/h3,6-10,18-20H,4-5,11-15H2,1-2H3,(H,26,28)/t18?,19-,20+. The monoisotopic (exact) mass is 438 g/mol. The van der Waals surface area contributed by atoms with E-state index in [1.807, 2.05) is 24.3 Å². The Kier molecular flexibility index (Phi) is 5.83. The molecular formula is C25H30N2O5. The molecule has 0 radical (unpaired) electrons. The largest absolute Gasteiger partial charge is 0.497 e. The Morgan fingerprint density at radius 1 is 1.03 bits per heavy atom. The molecule has 32 heavy (non-hydrogen) atoms. The molecule has 170 valence electrons. The first kappa shape index (κ1) is 20.9. The second kappa shape index (κ2) is 8.90. The smallest absolute Gasteiger partial charge is 0.231 e. The summed E-state index contributed by atoms with van der Waals surface area (Å²) in [6.07, 6.45) is 4.63. The van der Waals surface area contributed by atoms with E-state index in [0.29, 0.717) is 24.6 Å². The van der Waals surface area contributed by atoms with Crippen LogP contribution in [-0.4, -0.2) is 49.9 Å². The summed E-state index contributed by atoms with van der Waals surface area (Å²) in [5.74, 6) is 3.13. The predicted molar refractivity (Wildman–Crippen MR) is 119 cm³/mol. The van der Waals surface area contributed by atoms with Crippen molar-refractivity contribution in [1.29, 1.82) is 0 Å². The number of amides is 1. The average molecular weight is 439 g/mol. The fraction of sp³-hybridized carbons (Fsp3) is 0.480. The number of benzene rings is 2. The summed E-state index contributed by atoms with van der Waals surface area (Å²) < 4.78 is 21.7. The molecule has 7 nitrogen and oxygen atoms in total. The predicted octanol–water partition coefficient (Wildman–Crippen LogP) is 3.29. The first-order valence-electron chi connectivity index (χ1n) is 11.3. The normalized spacial score (nSPS) is 23.8. The van der Waals surface area contributed by atoms with E-state index in [1.165, 1.54) is 18.4 Å². The Hall–Kier alpha value is -2.93. The molecule has 7 heteroatoms. The molecule has 0 aliphatic carbocycles. The molecule has 3 atom stereocenters. The summed E-state index contributed by atoms with van der Waals surface area (Å²) >= 11 is 0. The molecule has 1 N–H and O–H groups in total. The molecule has 3 heterocycles. The number of carbonyl (C=O) groups excluding carboxylic acids is 1. The molecule has 5 rings (SSSR count). The van der Waals surface area contributed by atoms with Crippen LogP contribution < -0.4 is 24.3 Å². The van der Waals surface area contributed by atoms with Gasteiger partial charge in [-0.15, -0.1) is 0 Å². The highest BCUT2D eigenvalue weighted by atomic mass is 16.7. The minimum absolute atomic E-state index is 0.0326. The highest BCUT2D eigenvalue weighted by Crippen LogP contribution is 2.39. The van der Waals surface area contributed by atoms with Gasteiger partial charge >= 0.3 is 0 Å².